The van der Waals surface area contributed by atoms with Gasteiger partial charge in [-0.2, -0.15) is 0 Å². The summed E-state index contributed by atoms with van der Waals surface area (Å²) in [4.78, 5) is 12.6. The van der Waals surface area contributed by atoms with Crippen LogP contribution in [0.3, 0.4) is 0 Å². The fraction of sp³-hybridized carbons (Fsp3) is 0.611. The SMILES string of the molecule is CCC[C@@](C)(OCC)C(=O)Nc1cc(C)c(OCC)c(C)c1. The smallest absolute Gasteiger partial charge is 0.256 e. The van der Waals surface area contributed by atoms with Crippen molar-refractivity contribution in [3.8, 4) is 5.75 Å². The number of carbonyl (C=O) groups is 1. The summed E-state index contributed by atoms with van der Waals surface area (Å²) in [6.45, 7) is 12.9. The molecule has 0 fully saturated rings. The minimum atomic E-state index is -0.788. The van der Waals surface area contributed by atoms with Crippen LogP contribution in [0.25, 0.3) is 0 Å². The number of carbonyl (C=O) groups excluding carboxylic acids is 1. The summed E-state index contributed by atoms with van der Waals surface area (Å²) in [5.41, 5.74) is 2.03. The van der Waals surface area contributed by atoms with Gasteiger partial charge in [0.1, 0.15) is 11.4 Å². The predicted octanol–water partition coefficient (Wildman–Crippen LogP) is 4.24. The van der Waals surface area contributed by atoms with Gasteiger partial charge in [-0.05, 0) is 64.3 Å². The minimum absolute atomic E-state index is 0.0980. The molecule has 124 valence electrons. The van der Waals surface area contributed by atoms with Crippen LogP contribution in [0, 0.1) is 13.8 Å². The molecule has 0 aliphatic rings. The third kappa shape index (κ3) is 4.47. The Morgan fingerprint density at radius 2 is 1.73 bits per heavy atom. The minimum Gasteiger partial charge on any atom is -0.493 e. The second kappa shape index (κ2) is 8.18. The summed E-state index contributed by atoms with van der Waals surface area (Å²) in [6, 6.07) is 3.88. The van der Waals surface area contributed by atoms with Gasteiger partial charge in [-0.15, -0.1) is 0 Å². The monoisotopic (exact) mass is 307 g/mol. The highest BCUT2D eigenvalue weighted by atomic mass is 16.5. The molecule has 1 aromatic carbocycles. The van der Waals surface area contributed by atoms with Crippen LogP contribution in [0.5, 0.6) is 5.75 Å². The first-order valence-electron chi connectivity index (χ1n) is 8.07. The molecule has 0 saturated carbocycles. The van der Waals surface area contributed by atoms with E-state index in [2.05, 4.69) is 12.2 Å². The molecular formula is C18H29NO3. The van der Waals surface area contributed by atoms with Crippen LogP contribution in [-0.4, -0.2) is 24.7 Å². The zero-order valence-corrected chi connectivity index (χ0v) is 14.7. The predicted molar refractivity (Wildman–Crippen MR) is 90.7 cm³/mol. The van der Waals surface area contributed by atoms with E-state index in [-0.39, 0.29) is 5.91 Å². The van der Waals surface area contributed by atoms with Crippen molar-refractivity contribution < 1.29 is 14.3 Å². The van der Waals surface area contributed by atoms with E-state index < -0.39 is 5.60 Å². The summed E-state index contributed by atoms with van der Waals surface area (Å²) in [6.07, 6.45) is 1.59. The zero-order chi connectivity index (χ0) is 16.8. The molecule has 0 heterocycles. The molecule has 1 atom stereocenters. The van der Waals surface area contributed by atoms with Crippen LogP contribution in [0.15, 0.2) is 12.1 Å². The lowest BCUT2D eigenvalue weighted by Gasteiger charge is -2.28. The first-order chi connectivity index (χ1) is 10.4. The van der Waals surface area contributed by atoms with Crippen molar-refractivity contribution in [2.24, 2.45) is 0 Å². The van der Waals surface area contributed by atoms with E-state index in [1.54, 1.807) is 0 Å². The lowest BCUT2D eigenvalue weighted by molar-refractivity contribution is -0.139. The largest absolute Gasteiger partial charge is 0.493 e. The molecule has 1 N–H and O–H groups in total. The highest BCUT2D eigenvalue weighted by Crippen LogP contribution is 2.28. The van der Waals surface area contributed by atoms with Crippen LogP contribution in [-0.2, 0) is 9.53 Å². The van der Waals surface area contributed by atoms with Crippen molar-refractivity contribution in [3.63, 3.8) is 0 Å². The van der Waals surface area contributed by atoms with E-state index in [4.69, 9.17) is 9.47 Å². The van der Waals surface area contributed by atoms with E-state index in [9.17, 15) is 4.79 Å². The molecule has 4 heteroatoms. The van der Waals surface area contributed by atoms with Gasteiger partial charge in [0.05, 0.1) is 6.61 Å². The first kappa shape index (κ1) is 18.5. The van der Waals surface area contributed by atoms with Gasteiger partial charge in [-0.3, -0.25) is 4.79 Å². The average molecular weight is 307 g/mol. The number of ether oxygens (including phenoxy) is 2. The zero-order valence-electron chi connectivity index (χ0n) is 14.7. The molecule has 0 spiro atoms. The van der Waals surface area contributed by atoms with Crippen molar-refractivity contribution in [1.82, 2.24) is 0 Å². The highest BCUT2D eigenvalue weighted by molar-refractivity contribution is 5.97. The Morgan fingerprint density at radius 3 is 2.18 bits per heavy atom. The van der Waals surface area contributed by atoms with Gasteiger partial charge in [0.2, 0.25) is 0 Å². The fourth-order valence-corrected chi connectivity index (χ4v) is 2.70. The van der Waals surface area contributed by atoms with Crippen LogP contribution < -0.4 is 10.1 Å². The molecule has 0 radical (unpaired) electrons. The van der Waals surface area contributed by atoms with Crippen LogP contribution in [0.1, 0.15) is 51.7 Å². The van der Waals surface area contributed by atoms with Crippen LogP contribution >= 0.6 is 0 Å². The van der Waals surface area contributed by atoms with Crippen molar-refractivity contribution in [3.05, 3.63) is 23.3 Å². The third-order valence-electron chi connectivity index (χ3n) is 3.68. The third-order valence-corrected chi connectivity index (χ3v) is 3.68. The Morgan fingerprint density at radius 1 is 1.14 bits per heavy atom. The maximum atomic E-state index is 12.6. The second-order valence-electron chi connectivity index (χ2n) is 5.74. The molecule has 22 heavy (non-hydrogen) atoms. The van der Waals surface area contributed by atoms with Gasteiger partial charge in [-0.25, -0.2) is 0 Å². The summed E-state index contributed by atoms with van der Waals surface area (Å²) < 4.78 is 11.3. The molecule has 0 saturated heterocycles. The number of hydrogen-bond acceptors (Lipinski definition) is 3. The Hall–Kier alpha value is -1.55. The molecule has 1 amide bonds. The maximum absolute atomic E-state index is 12.6. The summed E-state index contributed by atoms with van der Waals surface area (Å²) in [5, 5.41) is 2.98. The number of benzene rings is 1. The second-order valence-corrected chi connectivity index (χ2v) is 5.74. The summed E-state index contributed by atoms with van der Waals surface area (Å²) in [5.74, 6) is 0.792. The van der Waals surface area contributed by atoms with Crippen molar-refractivity contribution in [2.45, 2.75) is 60.0 Å². The number of anilines is 1. The lowest BCUT2D eigenvalue weighted by Crippen LogP contribution is -2.42. The van der Waals surface area contributed by atoms with Crippen molar-refractivity contribution in [2.75, 3.05) is 18.5 Å². The summed E-state index contributed by atoms with van der Waals surface area (Å²) >= 11 is 0. The lowest BCUT2D eigenvalue weighted by atomic mass is 9.98. The Bertz CT molecular complexity index is 482. The van der Waals surface area contributed by atoms with Gasteiger partial charge < -0.3 is 14.8 Å². The van der Waals surface area contributed by atoms with E-state index >= 15 is 0 Å². The van der Waals surface area contributed by atoms with Gasteiger partial charge >= 0.3 is 0 Å². The quantitative estimate of drug-likeness (QED) is 0.781. The Labute approximate surface area is 134 Å². The Balaban J connectivity index is 2.96. The molecule has 1 aromatic rings. The molecule has 0 aromatic heterocycles. The van der Waals surface area contributed by atoms with Gasteiger partial charge in [0.15, 0.2) is 0 Å². The molecule has 0 unspecified atom stereocenters. The van der Waals surface area contributed by atoms with Crippen LogP contribution in [0.2, 0.25) is 0 Å². The normalized spacial score (nSPS) is 13.5. The molecule has 4 nitrogen and oxygen atoms in total. The van der Waals surface area contributed by atoms with E-state index in [1.807, 2.05) is 46.8 Å². The van der Waals surface area contributed by atoms with E-state index in [0.29, 0.717) is 19.6 Å². The number of rotatable bonds is 8. The van der Waals surface area contributed by atoms with Crippen molar-refractivity contribution >= 4 is 11.6 Å². The van der Waals surface area contributed by atoms with E-state index in [0.717, 1.165) is 29.0 Å². The topological polar surface area (TPSA) is 47.6 Å². The molecule has 0 aliphatic heterocycles. The molecular weight excluding hydrogens is 278 g/mol. The number of hydrogen-bond donors (Lipinski definition) is 1. The molecule has 0 bridgehead atoms. The van der Waals surface area contributed by atoms with E-state index in [1.165, 1.54) is 0 Å². The van der Waals surface area contributed by atoms with Gasteiger partial charge in [0, 0.05) is 12.3 Å². The summed E-state index contributed by atoms with van der Waals surface area (Å²) in [7, 11) is 0. The number of aryl methyl sites for hydroxylation is 2. The molecule has 0 aliphatic carbocycles. The standard InChI is InChI=1S/C18H29NO3/c1-7-10-18(6,22-9-3)17(20)19-15-11-13(4)16(21-8-2)14(5)12-15/h11-12H,7-10H2,1-6H3,(H,19,20)/t18-/m1/s1. The van der Waals surface area contributed by atoms with Crippen molar-refractivity contribution in [1.29, 1.82) is 0 Å². The molecule has 1 rings (SSSR count). The first-order valence-corrected chi connectivity index (χ1v) is 8.07. The van der Waals surface area contributed by atoms with Gasteiger partial charge in [0.25, 0.3) is 5.91 Å². The van der Waals surface area contributed by atoms with Crippen LogP contribution in [0.4, 0.5) is 5.69 Å². The van der Waals surface area contributed by atoms with Gasteiger partial charge in [-0.1, -0.05) is 13.3 Å². The Kier molecular flexibility index (Phi) is 6.88. The maximum Gasteiger partial charge on any atom is 0.256 e. The average Bonchev–Trinajstić information content (AvgIpc) is 2.43. The number of amides is 1. The highest BCUT2D eigenvalue weighted by Gasteiger charge is 2.33. The number of nitrogens with one attached hydrogen (secondary N) is 1. The fourth-order valence-electron chi connectivity index (χ4n) is 2.70.